The van der Waals surface area contributed by atoms with Crippen molar-refractivity contribution in [3.05, 3.63) is 0 Å². The van der Waals surface area contributed by atoms with Crippen molar-refractivity contribution in [3.63, 3.8) is 0 Å². The molecule has 11 heavy (non-hydrogen) atoms. The van der Waals surface area contributed by atoms with E-state index in [1.807, 2.05) is 20.8 Å². The maximum atomic E-state index is 11.5. The molecule has 0 aliphatic rings. The molecule has 0 saturated carbocycles. The number of hydrogen-bond acceptors (Lipinski definition) is 2. The molecule has 0 saturated heterocycles. The Kier molecular flexibility index (Phi) is 3.85. The zero-order valence-electron chi connectivity index (χ0n) is 7.11. The number of carbonyl (C=O) groups is 1. The van der Waals surface area contributed by atoms with Crippen molar-refractivity contribution in [2.75, 3.05) is 13.3 Å². The smallest absolute Gasteiger partial charge is 0.407 e. The SMILES string of the molecule is CC(C)(C)NC(=O)OCCF. The first-order valence-corrected chi connectivity index (χ1v) is 3.46. The van der Waals surface area contributed by atoms with Crippen LogP contribution in [0, 0.1) is 0 Å². The average Bonchev–Trinajstić information content (AvgIpc) is 1.79. The molecule has 0 radical (unpaired) electrons. The lowest BCUT2D eigenvalue weighted by Crippen LogP contribution is -2.41. The van der Waals surface area contributed by atoms with Gasteiger partial charge < -0.3 is 10.1 Å². The Bertz CT molecular complexity index is 131. The molecule has 0 spiro atoms. The molecule has 0 aliphatic carbocycles. The standard InChI is InChI=1S/C7H14FNO2/c1-7(2,3)9-6(10)11-5-4-8/h4-5H2,1-3H3,(H,9,10). The second-order valence-corrected chi connectivity index (χ2v) is 3.20. The molecule has 66 valence electrons. The minimum absolute atomic E-state index is 0.179. The lowest BCUT2D eigenvalue weighted by atomic mass is 10.1. The first kappa shape index (κ1) is 10.2. The van der Waals surface area contributed by atoms with Crippen molar-refractivity contribution in [1.82, 2.24) is 5.32 Å². The minimum Gasteiger partial charge on any atom is -0.447 e. The fourth-order valence-corrected chi connectivity index (χ4v) is 0.474. The van der Waals surface area contributed by atoms with Crippen molar-refractivity contribution in [3.8, 4) is 0 Å². The molecular formula is C7H14FNO2. The van der Waals surface area contributed by atoms with Crippen molar-refractivity contribution < 1.29 is 13.9 Å². The van der Waals surface area contributed by atoms with Gasteiger partial charge in [0.2, 0.25) is 0 Å². The van der Waals surface area contributed by atoms with Gasteiger partial charge >= 0.3 is 6.09 Å². The number of alkyl halides is 1. The van der Waals surface area contributed by atoms with Crippen LogP contribution in [0.2, 0.25) is 0 Å². The topological polar surface area (TPSA) is 38.3 Å². The van der Waals surface area contributed by atoms with Crippen LogP contribution in [0.4, 0.5) is 9.18 Å². The minimum atomic E-state index is -0.641. The van der Waals surface area contributed by atoms with E-state index in [2.05, 4.69) is 10.1 Å². The first-order valence-electron chi connectivity index (χ1n) is 3.46. The van der Waals surface area contributed by atoms with Gasteiger partial charge in [0, 0.05) is 5.54 Å². The zero-order chi connectivity index (χ0) is 8.91. The third-order valence-corrected chi connectivity index (χ3v) is 0.787. The predicted octanol–water partition coefficient (Wildman–Crippen LogP) is 1.48. The van der Waals surface area contributed by atoms with E-state index >= 15 is 0 Å². The number of alkyl carbamates (subject to hydrolysis) is 1. The fourth-order valence-electron chi connectivity index (χ4n) is 0.474. The number of amides is 1. The van der Waals surface area contributed by atoms with Crippen molar-refractivity contribution in [1.29, 1.82) is 0 Å². The summed E-state index contributed by atoms with van der Waals surface area (Å²) >= 11 is 0. The van der Waals surface area contributed by atoms with Crippen molar-refractivity contribution >= 4 is 6.09 Å². The highest BCUT2D eigenvalue weighted by molar-refractivity contribution is 5.67. The van der Waals surface area contributed by atoms with E-state index in [4.69, 9.17) is 0 Å². The highest BCUT2D eigenvalue weighted by Gasteiger charge is 2.13. The third-order valence-electron chi connectivity index (χ3n) is 0.787. The Labute approximate surface area is 65.9 Å². The molecule has 0 aromatic rings. The number of carbonyl (C=O) groups excluding carboxylic acids is 1. The van der Waals surface area contributed by atoms with Crippen LogP contribution in [0.3, 0.4) is 0 Å². The Morgan fingerprint density at radius 2 is 2.09 bits per heavy atom. The number of nitrogens with one attached hydrogen (secondary N) is 1. The molecule has 3 nitrogen and oxygen atoms in total. The Hall–Kier alpha value is -0.800. The lowest BCUT2D eigenvalue weighted by molar-refractivity contribution is 0.130. The van der Waals surface area contributed by atoms with E-state index in [1.165, 1.54) is 0 Å². The van der Waals surface area contributed by atoms with Crippen molar-refractivity contribution in [2.24, 2.45) is 0 Å². The van der Waals surface area contributed by atoms with Crippen LogP contribution in [0.15, 0.2) is 0 Å². The molecular weight excluding hydrogens is 149 g/mol. The lowest BCUT2D eigenvalue weighted by Gasteiger charge is -2.19. The van der Waals surface area contributed by atoms with E-state index in [1.54, 1.807) is 0 Å². The summed E-state index contributed by atoms with van der Waals surface area (Å²) in [7, 11) is 0. The fraction of sp³-hybridized carbons (Fsp3) is 0.857. The van der Waals surface area contributed by atoms with Gasteiger partial charge in [0.25, 0.3) is 0 Å². The zero-order valence-corrected chi connectivity index (χ0v) is 7.11. The van der Waals surface area contributed by atoms with Crippen LogP contribution in [-0.2, 0) is 4.74 Å². The van der Waals surface area contributed by atoms with Gasteiger partial charge in [-0.3, -0.25) is 0 Å². The molecule has 1 N–H and O–H groups in total. The Morgan fingerprint density at radius 3 is 2.45 bits per heavy atom. The Morgan fingerprint density at radius 1 is 1.55 bits per heavy atom. The summed E-state index contributed by atoms with van der Waals surface area (Å²) in [6.07, 6.45) is -0.574. The molecule has 0 aromatic heterocycles. The van der Waals surface area contributed by atoms with E-state index < -0.39 is 12.8 Å². The molecule has 0 unspecified atom stereocenters. The summed E-state index contributed by atoms with van der Waals surface area (Å²) < 4.78 is 15.9. The summed E-state index contributed by atoms with van der Waals surface area (Å²) in [5.74, 6) is 0. The van der Waals surface area contributed by atoms with Gasteiger partial charge in [-0.25, -0.2) is 9.18 Å². The summed E-state index contributed by atoms with van der Waals surface area (Å²) in [5, 5.41) is 2.53. The first-order chi connectivity index (χ1) is 4.95. The highest BCUT2D eigenvalue weighted by atomic mass is 19.1. The van der Waals surface area contributed by atoms with Crippen LogP contribution in [-0.4, -0.2) is 24.9 Å². The third kappa shape index (κ3) is 7.09. The van der Waals surface area contributed by atoms with Crippen LogP contribution >= 0.6 is 0 Å². The second kappa shape index (κ2) is 4.16. The molecule has 0 bridgehead atoms. The molecule has 0 atom stereocenters. The highest BCUT2D eigenvalue weighted by Crippen LogP contribution is 1.98. The number of hydrogen-bond donors (Lipinski definition) is 1. The number of halogens is 1. The van der Waals surface area contributed by atoms with Crippen LogP contribution in [0.1, 0.15) is 20.8 Å². The van der Waals surface area contributed by atoms with E-state index in [0.29, 0.717) is 0 Å². The molecule has 1 amide bonds. The van der Waals surface area contributed by atoms with Crippen molar-refractivity contribution in [2.45, 2.75) is 26.3 Å². The summed E-state index contributed by atoms with van der Waals surface area (Å²) in [6, 6.07) is 0. The van der Waals surface area contributed by atoms with E-state index in [0.717, 1.165) is 0 Å². The summed E-state index contributed by atoms with van der Waals surface area (Å²) in [5.41, 5.74) is -0.326. The van der Waals surface area contributed by atoms with Gasteiger partial charge in [-0.2, -0.15) is 0 Å². The predicted molar refractivity (Wildman–Crippen MR) is 40.2 cm³/mol. The number of rotatable bonds is 2. The quantitative estimate of drug-likeness (QED) is 0.669. The largest absolute Gasteiger partial charge is 0.447 e. The molecule has 0 rings (SSSR count). The van der Waals surface area contributed by atoms with Gasteiger partial charge in [0.05, 0.1) is 0 Å². The Balaban J connectivity index is 3.53. The molecule has 0 aromatic carbocycles. The number of ether oxygens (including phenoxy) is 1. The summed E-state index contributed by atoms with van der Waals surface area (Å²) in [4.78, 5) is 10.7. The van der Waals surface area contributed by atoms with E-state index in [9.17, 15) is 9.18 Å². The van der Waals surface area contributed by atoms with Crippen LogP contribution in [0.5, 0.6) is 0 Å². The molecule has 4 heteroatoms. The van der Waals surface area contributed by atoms with Gasteiger partial charge in [-0.05, 0) is 20.8 Å². The van der Waals surface area contributed by atoms with Crippen LogP contribution in [0.25, 0.3) is 0 Å². The normalized spacial score (nSPS) is 10.9. The maximum Gasteiger partial charge on any atom is 0.407 e. The second-order valence-electron chi connectivity index (χ2n) is 3.20. The summed E-state index contributed by atoms with van der Waals surface area (Å²) in [6.45, 7) is 4.65. The molecule has 0 heterocycles. The monoisotopic (exact) mass is 163 g/mol. The van der Waals surface area contributed by atoms with Gasteiger partial charge in [-0.15, -0.1) is 0 Å². The van der Waals surface area contributed by atoms with E-state index in [-0.39, 0.29) is 12.1 Å². The molecule has 0 aliphatic heterocycles. The van der Waals surface area contributed by atoms with Crippen LogP contribution < -0.4 is 5.32 Å². The van der Waals surface area contributed by atoms with Gasteiger partial charge in [-0.1, -0.05) is 0 Å². The maximum absolute atomic E-state index is 11.5. The van der Waals surface area contributed by atoms with Gasteiger partial charge in [0.15, 0.2) is 0 Å². The molecule has 0 fully saturated rings. The average molecular weight is 163 g/mol. The van der Waals surface area contributed by atoms with Gasteiger partial charge in [0.1, 0.15) is 13.3 Å².